The molecule has 0 aliphatic heterocycles. The third-order valence-corrected chi connectivity index (χ3v) is 3.83. The molecular weight excluding hydrogens is 320 g/mol. The van der Waals surface area contributed by atoms with Crippen molar-refractivity contribution in [3.63, 3.8) is 0 Å². The summed E-state index contributed by atoms with van der Waals surface area (Å²) in [6.07, 6.45) is -0.359. The van der Waals surface area contributed by atoms with E-state index in [1.165, 1.54) is 0 Å². The highest BCUT2D eigenvalue weighted by Gasteiger charge is 2.18. The largest absolute Gasteiger partial charge is 0.493 e. The zero-order chi connectivity index (χ0) is 17.8. The van der Waals surface area contributed by atoms with Crippen molar-refractivity contribution in [3.05, 3.63) is 53.9 Å². The number of aromatic nitrogens is 2. The van der Waals surface area contributed by atoms with Gasteiger partial charge in [-0.2, -0.15) is 4.98 Å². The second-order valence-electron chi connectivity index (χ2n) is 5.55. The van der Waals surface area contributed by atoms with Gasteiger partial charge in [0, 0.05) is 5.56 Å². The molecule has 25 heavy (non-hydrogen) atoms. The summed E-state index contributed by atoms with van der Waals surface area (Å²) >= 11 is 0. The highest BCUT2D eigenvalue weighted by Crippen LogP contribution is 2.32. The van der Waals surface area contributed by atoms with Crippen LogP contribution in [0, 0.1) is 6.92 Å². The molecule has 3 aromatic rings. The van der Waals surface area contributed by atoms with Crippen LogP contribution in [0.1, 0.15) is 24.5 Å². The number of rotatable bonds is 6. The van der Waals surface area contributed by atoms with E-state index in [-0.39, 0.29) is 6.10 Å². The number of hydrogen-bond acceptors (Lipinski definition) is 6. The van der Waals surface area contributed by atoms with E-state index in [0.717, 1.165) is 16.9 Å². The molecule has 0 aliphatic carbocycles. The van der Waals surface area contributed by atoms with Crippen molar-refractivity contribution in [2.45, 2.75) is 20.0 Å². The summed E-state index contributed by atoms with van der Waals surface area (Å²) in [6.45, 7) is 3.86. The Bertz CT molecular complexity index is 860. The molecule has 0 N–H and O–H groups in total. The summed E-state index contributed by atoms with van der Waals surface area (Å²) in [5.41, 5.74) is 1.82. The van der Waals surface area contributed by atoms with Crippen LogP contribution in [-0.2, 0) is 0 Å². The Labute approximate surface area is 146 Å². The van der Waals surface area contributed by atoms with Crippen molar-refractivity contribution in [3.8, 4) is 28.6 Å². The van der Waals surface area contributed by atoms with Gasteiger partial charge in [0.25, 0.3) is 5.89 Å². The summed E-state index contributed by atoms with van der Waals surface area (Å²) in [4.78, 5) is 4.44. The number of aryl methyl sites for hydroxylation is 1. The molecule has 0 saturated carbocycles. The van der Waals surface area contributed by atoms with E-state index in [1.807, 2.05) is 44.2 Å². The van der Waals surface area contributed by atoms with Crippen LogP contribution in [0.4, 0.5) is 0 Å². The van der Waals surface area contributed by atoms with Crippen molar-refractivity contribution in [1.29, 1.82) is 0 Å². The van der Waals surface area contributed by atoms with Crippen LogP contribution in [0.3, 0.4) is 0 Å². The van der Waals surface area contributed by atoms with Crippen LogP contribution in [-0.4, -0.2) is 24.4 Å². The summed E-state index contributed by atoms with van der Waals surface area (Å²) in [5.74, 6) is 2.92. The van der Waals surface area contributed by atoms with Gasteiger partial charge in [0.15, 0.2) is 17.6 Å². The molecular formula is C19H20N2O4. The van der Waals surface area contributed by atoms with Gasteiger partial charge in [0.05, 0.1) is 14.2 Å². The Morgan fingerprint density at radius 2 is 1.72 bits per heavy atom. The molecule has 0 radical (unpaired) electrons. The fraction of sp³-hybridized carbons (Fsp3) is 0.263. The molecule has 0 aliphatic rings. The van der Waals surface area contributed by atoms with Crippen molar-refractivity contribution in [1.82, 2.24) is 10.1 Å². The lowest BCUT2D eigenvalue weighted by atomic mass is 10.2. The predicted molar refractivity (Wildman–Crippen MR) is 93.1 cm³/mol. The lowest BCUT2D eigenvalue weighted by Crippen LogP contribution is -2.04. The highest BCUT2D eigenvalue weighted by molar-refractivity contribution is 5.60. The van der Waals surface area contributed by atoms with Gasteiger partial charge in [0.1, 0.15) is 5.75 Å². The van der Waals surface area contributed by atoms with Gasteiger partial charge in [-0.3, -0.25) is 0 Å². The second-order valence-corrected chi connectivity index (χ2v) is 5.55. The van der Waals surface area contributed by atoms with Crippen LogP contribution >= 0.6 is 0 Å². The zero-order valence-corrected chi connectivity index (χ0v) is 14.6. The Hall–Kier alpha value is -3.02. The summed E-state index contributed by atoms with van der Waals surface area (Å²) in [7, 11) is 3.18. The average molecular weight is 340 g/mol. The van der Waals surface area contributed by atoms with Gasteiger partial charge < -0.3 is 18.7 Å². The number of ether oxygens (including phenoxy) is 3. The lowest BCUT2D eigenvalue weighted by Gasteiger charge is -2.12. The van der Waals surface area contributed by atoms with Crippen molar-refractivity contribution in [2.24, 2.45) is 0 Å². The maximum absolute atomic E-state index is 5.92. The lowest BCUT2D eigenvalue weighted by molar-refractivity contribution is 0.175. The molecule has 0 fully saturated rings. The maximum Gasteiger partial charge on any atom is 0.267 e. The first-order valence-corrected chi connectivity index (χ1v) is 7.90. The Morgan fingerprint density at radius 1 is 0.960 bits per heavy atom. The molecule has 6 heteroatoms. The second kappa shape index (κ2) is 7.25. The Kier molecular flexibility index (Phi) is 4.88. The molecule has 0 amide bonds. The van der Waals surface area contributed by atoms with Gasteiger partial charge >= 0.3 is 0 Å². The minimum atomic E-state index is -0.359. The minimum Gasteiger partial charge on any atom is -0.493 e. The highest BCUT2D eigenvalue weighted by atomic mass is 16.5. The first kappa shape index (κ1) is 16.8. The molecule has 0 saturated heterocycles. The van der Waals surface area contributed by atoms with Crippen LogP contribution in [0.2, 0.25) is 0 Å². The molecule has 2 aromatic carbocycles. The van der Waals surface area contributed by atoms with Crippen molar-refractivity contribution >= 4 is 0 Å². The van der Waals surface area contributed by atoms with E-state index < -0.39 is 0 Å². The SMILES string of the molecule is COc1ccc(-c2noc(C(C)Oc3ccccc3C)n2)cc1OC. The van der Waals surface area contributed by atoms with Crippen LogP contribution < -0.4 is 14.2 Å². The van der Waals surface area contributed by atoms with Crippen LogP contribution in [0.25, 0.3) is 11.4 Å². The summed E-state index contributed by atoms with van der Waals surface area (Å²) in [6, 6.07) is 13.3. The summed E-state index contributed by atoms with van der Waals surface area (Å²) < 4.78 is 21.8. The van der Waals surface area contributed by atoms with E-state index in [4.69, 9.17) is 18.7 Å². The monoisotopic (exact) mass is 340 g/mol. The van der Waals surface area contributed by atoms with Crippen LogP contribution in [0.15, 0.2) is 47.0 Å². The van der Waals surface area contributed by atoms with Gasteiger partial charge in [-0.15, -0.1) is 0 Å². The Morgan fingerprint density at radius 3 is 2.44 bits per heavy atom. The molecule has 1 aromatic heterocycles. The van der Waals surface area contributed by atoms with E-state index in [9.17, 15) is 0 Å². The van der Waals surface area contributed by atoms with Crippen molar-refractivity contribution in [2.75, 3.05) is 14.2 Å². The van der Waals surface area contributed by atoms with Crippen molar-refractivity contribution < 1.29 is 18.7 Å². The third-order valence-electron chi connectivity index (χ3n) is 3.83. The number of nitrogens with zero attached hydrogens (tertiary/aromatic N) is 2. The number of methoxy groups -OCH3 is 2. The number of para-hydroxylation sites is 1. The van der Waals surface area contributed by atoms with Crippen LogP contribution in [0.5, 0.6) is 17.2 Å². The molecule has 3 rings (SSSR count). The quantitative estimate of drug-likeness (QED) is 0.670. The first-order chi connectivity index (χ1) is 12.1. The molecule has 1 atom stereocenters. The van der Waals surface area contributed by atoms with E-state index in [2.05, 4.69) is 10.1 Å². The smallest absolute Gasteiger partial charge is 0.267 e. The molecule has 130 valence electrons. The fourth-order valence-electron chi connectivity index (χ4n) is 2.42. The average Bonchev–Trinajstić information content (AvgIpc) is 3.13. The normalized spacial score (nSPS) is 11.8. The fourth-order valence-corrected chi connectivity index (χ4v) is 2.42. The zero-order valence-electron chi connectivity index (χ0n) is 14.6. The van der Waals surface area contributed by atoms with E-state index in [0.29, 0.717) is 23.2 Å². The molecule has 0 bridgehead atoms. The molecule has 6 nitrogen and oxygen atoms in total. The predicted octanol–water partition coefficient (Wildman–Crippen LogP) is 4.20. The topological polar surface area (TPSA) is 66.6 Å². The molecule has 1 unspecified atom stereocenters. The van der Waals surface area contributed by atoms with Gasteiger partial charge in [-0.1, -0.05) is 23.4 Å². The van der Waals surface area contributed by atoms with E-state index in [1.54, 1.807) is 26.4 Å². The standard InChI is InChI=1S/C19H20N2O4/c1-12-7-5-6-8-15(12)24-13(2)19-20-18(21-25-19)14-9-10-16(22-3)17(11-14)23-4/h5-11,13H,1-4H3. The molecule has 0 spiro atoms. The first-order valence-electron chi connectivity index (χ1n) is 7.90. The number of hydrogen-bond donors (Lipinski definition) is 0. The van der Waals surface area contributed by atoms with Gasteiger partial charge in [-0.05, 0) is 43.7 Å². The maximum atomic E-state index is 5.92. The van der Waals surface area contributed by atoms with Gasteiger partial charge in [-0.25, -0.2) is 0 Å². The third kappa shape index (κ3) is 3.57. The minimum absolute atomic E-state index is 0.359. The Balaban J connectivity index is 1.81. The molecule has 1 heterocycles. The van der Waals surface area contributed by atoms with E-state index >= 15 is 0 Å². The summed E-state index contributed by atoms with van der Waals surface area (Å²) in [5, 5.41) is 4.04. The number of benzene rings is 2. The van der Waals surface area contributed by atoms with Gasteiger partial charge in [0.2, 0.25) is 5.82 Å².